The van der Waals surface area contributed by atoms with Crippen molar-refractivity contribution in [3.63, 3.8) is 0 Å². The Balaban J connectivity index is 1.45. The number of alkyl halides is 6. The predicted octanol–water partition coefficient (Wildman–Crippen LogP) is 4.76. The van der Waals surface area contributed by atoms with Crippen LogP contribution in [0.15, 0.2) is 59.4 Å². The van der Waals surface area contributed by atoms with Crippen LogP contribution in [0.3, 0.4) is 0 Å². The molecular weight excluding hydrogens is 551 g/mol. The number of benzene rings is 3. The Kier molecular flexibility index (Phi) is 6.11. The summed E-state index contributed by atoms with van der Waals surface area (Å²) in [6.07, 6.45) is -10.2. The van der Waals surface area contributed by atoms with Crippen molar-refractivity contribution in [2.45, 2.75) is 25.8 Å². The monoisotopic (exact) mass is 565 g/mol. The summed E-state index contributed by atoms with van der Waals surface area (Å²) in [7, 11) is 0. The quantitative estimate of drug-likeness (QED) is 0.263. The fourth-order valence-corrected chi connectivity index (χ4v) is 4.30. The molecule has 0 fully saturated rings. The lowest BCUT2D eigenvalue weighted by atomic mass is 10.1. The van der Waals surface area contributed by atoms with E-state index in [9.17, 15) is 45.1 Å². The minimum atomic E-state index is -5.12. The number of halogens is 7. The second-order valence-electron chi connectivity index (χ2n) is 8.82. The second-order valence-corrected chi connectivity index (χ2v) is 8.82. The maximum Gasteiger partial charge on any atom is 0.416 e. The maximum atomic E-state index is 14.2. The molecule has 0 atom stereocenters. The van der Waals surface area contributed by atoms with Crippen LogP contribution in [-0.4, -0.2) is 31.6 Å². The van der Waals surface area contributed by atoms with Crippen LogP contribution in [0.2, 0.25) is 0 Å². The highest BCUT2D eigenvalue weighted by molar-refractivity contribution is 6.34. The number of aromatic nitrogens is 4. The first-order chi connectivity index (χ1) is 18.7. The minimum Gasteiger partial charge on any atom is -0.268 e. The summed E-state index contributed by atoms with van der Waals surface area (Å²) in [6.45, 7) is 1.24. The number of tetrazole rings is 1. The molecule has 2 amide bonds. The molecular formula is C25H14F7N5O3. The molecule has 8 nitrogen and oxygen atoms in total. The van der Waals surface area contributed by atoms with Crippen molar-refractivity contribution in [3.05, 3.63) is 104 Å². The number of aryl methyl sites for hydroxylation is 1. The van der Waals surface area contributed by atoms with Gasteiger partial charge < -0.3 is 0 Å². The number of anilines is 1. The first-order valence-corrected chi connectivity index (χ1v) is 11.3. The zero-order chi connectivity index (χ0) is 29.1. The number of imide groups is 1. The molecule has 0 aliphatic carbocycles. The van der Waals surface area contributed by atoms with Crippen LogP contribution in [0.1, 0.15) is 43.0 Å². The van der Waals surface area contributed by atoms with Gasteiger partial charge in [-0.1, -0.05) is 18.2 Å². The molecule has 206 valence electrons. The van der Waals surface area contributed by atoms with E-state index < -0.39 is 52.5 Å². The second kappa shape index (κ2) is 9.14. The van der Waals surface area contributed by atoms with Gasteiger partial charge in [-0.2, -0.15) is 35.7 Å². The smallest absolute Gasteiger partial charge is 0.268 e. The van der Waals surface area contributed by atoms with Crippen LogP contribution in [0.4, 0.5) is 36.4 Å². The molecule has 0 bridgehead atoms. The van der Waals surface area contributed by atoms with E-state index in [4.69, 9.17) is 0 Å². The van der Waals surface area contributed by atoms with Gasteiger partial charge in [0.15, 0.2) is 0 Å². The molecule has 1 aromatic heterocycles. The molecule has 0 radical (unpaired) electrons. The molecule has 3 aromatic carbocycles. The van der Waals surface area contributed by atoms with E-state index in [1.807, 2.05) is 0 Å². The van der Waals surface area contributed by atoms with Gasteiger partial charge in [-0.3, -0.25) is 9.59 Å². The van der Waals surface area contributed by atoms with Crippen molar-refractivity contribution in [1.29, 1.82) is 0 Å². The maximum absolute atomic E-state index is 14.2. The molecule has 1 aliphatic rings. The molecule has 0 spiro atoms. The van der Waals surface area contributed by atoms with Crippen LogP contribution in [0.5, 0.6) is 0 Å². The molecule has 0 N–H and O–H groups in total. The first-order valence-electron chi connectivity index (χ1n) is 11.3. The molecule has 2 heterocycles. The summed E-state index contributed by atoms with van der Waals surface area (Å²) < 4.78 is 94.5. The highest BCUT2D eigenvalue weighted by atomic mass is 19.4. The summed E-state index contributed by atoms with van der Waals surface area (Å²) in [5.74, 6) is -2.43. The van der Waals surface area contributed by atoms with Gasteiger partial charge in [0.05, 0.1) is 40.2 Å². The summed E-state index contributed by atoms with van der Waals surface area (Å²) >= 11 is 0. The van der Waals surface area contributed by atoms with E-state index in [1.54, 1.807) is 6.92 Å². The third-order valence-corrected chi connectivity index (χ3v) is 6.15. The Morgan fingerprint density at radius 2 is 1.45 bits per heavy atom. The molecule has 0 unspecified atom stereocenters. The number of carbonyl (C=O) groups is 2. The van der Waals surface area contributed by atoms with Crippen molar-refractivity contribution >= 4 is 17.5 Å². The van der Waals surface area contributed by atoms with Crippen LogP contribution in [-0.2, 0) is 18.9 Å². The SMILES string of the molecule is Cc1cc(Cn2nnn(-c3cc(C(F)(F)F)cc(C(F)(F)F)c3)c2=O)ccc1N1C(=O)c2cccc(F)c2C1=O. The first kappa shape index (κ1) is 26.8. The van der Waals surface area contributed by atoms with Gasteiger partial charge in [0.1, 0.15) is 5.82 Å². The number of fused-ring (bicyclic) bond motifs is 1. The van der Waals surface area contributed by atoms with Gasteiger partial charge in [-0.05, 0) is 64.9 Å². The van der Waals surface area contributed by atoms with Gasteiger partial charge in [0.25, 0.3) is 11.8 Å². The van der Waals surface area contributed by atoms with Gasteiger partial charge in [-0.25, -0.2) is 14.1 Å². The molecule has 1 aliphatic heterocycles. The van der Waals surface area contributed by atoms with Crippen molar-refractivity contribution < 1.29 is 40.3 Å². The zero-order valence-corrected chi connectivity index (χ0v) is 20.0. The number of amides is 2. The van der Waals surface area contributed by atoms with Crippen LogP contribution >= 0.6 is 0 Å². The van der Waals surface area contributed by atoms with Gasteiger partial charge >= 0.3 is 18.0 Å². The standard InChI is InChI=1S/C25H14F7N5O3/c1-12-7-13(5-6-19(12)36-21(38)17-3-2-4-18(26)20(17)22(36)39)11-35-23(40)37(34-33-35)16-9-14(24(27,28)29)8-15(10-16)25(30,31)32/h2-10H,11H2,1H3. The van der Waals surface area contributed by atoms with Crippen LogP contribution < -0.4 is 10.6 Å². The van der Waals surface area contributed by atoms with E-state index >= 15 is 0 Å². The lowest BCUT2D eigenvalue weighted by Gasteiger charge is -2.17. The van der Waals surface area contributed by atoms with E-state index in [0.717, 1.165) is 11.0 Å². The van der Waals surface area contributed by atoms with Gasteiger partial charge in [-0.15, -0.1) is 0 Å². The Morgan fingerprint density at radius 1 is 0.800 bits per heavy atom. The molecule has 0 saturated heterocycles. The summed E-state index contributed by atoms with van der Waals surface area (Å²) in [6, 6.07) is 8.56. The summed E-state index contributed by atoms with van der Waals surface area (Å²) in [5, 5.41) is 6.99. The highest BCUT2D eigenvalue weighted by Gasteiger charge is 2.40. The van der Waals surface area contributed by atoms with E-state index in [0.29, 0.717) is 32.6 Å². The average Bonchev–Trinajstić information content (AvgIpc) is 3.35. The van der Waals surface area contributed by atoms with E-state index in [-0.39, 0.29) is 29.4 Å². The van der Waals surface area contributed by atoms with E-state index in [1.165, 1.54) is 30.3 Å². The lowest BCUT2D eigenvalue weighted by Crippen LogP contribution is -2.30. The Labute approximate surface area is 218 Å². The van der Waals surface area contributed by atoms with E-state index in [2.05, 4.69) is 10.4 Å². The van der Waals surface area contributed by atoms with Gasteiger partial charge in [0.2, 0.25) is 0 Å². The summed E-state index contributed by atoms with van der Waals surface area (Å²) in [4.78, 5) is 39.2. The fourth-order valence-electron chi connectivity index (χ4n) is 4.30. The number of rotatable bonds is 4. The normalized spacial score (nSPS) is 13.8. The Morgan fingerprint density at radius 3 is 2.02 bits per heavy atom. The number of nitrogens with zero attached hydrogens (tertiary/aromatic N) is 5. The largest absolute Gasteiger partial charge is 0.416 e. The summed E-state index contributed by atoms with van der Waals surface area (Å²) in [5.41, 5.74) is -4.72. The number of hydrogen-bond acceptors (Lipinski definition) is 5. The third-order valence-electron chi connectivity index (χ3n) is 6.15. The third kappa shape index (κ3) is 4.52. The van der Waals surface area contributed by atoms with Gasteiger partial charge in [0, 0.05) is 0 Å². The fraction of sp³-hybridized carbons (Fsp3) is 0.160. The lowest BCUT2D eigenvalue weighted by molar-refractivity contribution is -0.143. The average molecular weight is 565 g/mol. The van der Waals surface area contributed by atoms with Crippen LogP contribution in [0.25, 0.3) is 5.69 Å². The number of hydrogen-bond donors (Lipinski definition) is 0. The molecule has 4 aromatic rings. The Bertz CT molecular complexity index is 1720. The Hall–Kier alpha value is -4.82. The number of carbonyl (C=O) groups excluding carboxylic acids is 2. The van der Waals surface area contributed by atoms with Crippen LogP contribution in [0, 0.1) is 12.7 Å². The predicted molar refractivity (Wildman–Crippen MR) is 123 cm³/mol. The van der Waals surface area contributed by atoms with Crippen molar-refractivity contribution in [1.82, 2.24) is 19.8 Å². The zero-order valence-electron chi connectivity index (χ0n) is 20.0. The molecule has 5 rings (SSSR count). The molecule has 0 saturated carbocycles. The topological polar surface area (TPSA) is 90.1 Å². The molecule has 15 heteroatoms. The van der Waals surface area contributed by atoms with Crippen molar-refractivity contribution in [3.8, 4) is 5.69 Å². The highest BCUT2D eigenvalue weighted by Crippen LogP contribution is 2.37. The van der Waals surface area contributed by atoms with Crippen molar-refractivity contribution in [2.75, 3.05) is 4.90 Å². The molecule has 40 heavy (non-hydrogen) atoms. The van der Waals surface area contributed by atoms with Crippen molar-refractivity contribution in [2.24, 2.45) is 0 Å². The minimum absolute atomic E-state index is 0.0773.